The van der Waals surface area contributed by atoms with Crippen LogP contribution < -0.4 is 10.1 Å². The zero-order valence-corrected chi connectivity index (χ0v) is 11.7. The highest BCUT2D eigenvalue weighted by Crippen LogP contribution is 2.28. The van der Waals surface area contributed by atoms with Crippen molar-refractivity contribution in [1.29, 1.82) is 0 Å². The van der Waals surface area contributed by atoms with Crippen LogP contribution in [0.2, 0.25) is 0 Å². The highest BCUT2D eigenvalue weighted by Gasteiger charge is 2.17. The number of aliphatic hydroxyl groups is 1. The zero-order chi connectivity index (χ0) is 13.9. The van der Waals surface area contributed by atoms with E-state index in [4.69, 9.17) is 4.74 Å². The fraction of sp³-hybridized carbons (Fsp3) is 0.375. The number of aliphatic hydroxyl groups excluding tert-OH is 1. The molecule has 2 aromatic rings. The Morgan fingerprint density at radius 3 is 2.58 bits per heavy atom. The fourth-order valence-electron chi connectivity index (χ4n) is 2.07. The SMILES string of the molecule is COc1ccc2ccccc2c1CNC(C)(C)CO. The molecule has 0 aliphatic heterocycles. The number of ether oxygens (including phenoxy) is 1. The molecule has 0 radical (unpaired) electrons. The first-order valence-electron chi connectivity index (χ1n) is 6.48. The largest absolute Gasteiger partial charge is 0.496 e. The Hall–Kier alpha value is -1.58. The summed E-state index contributed by atoms with van der Waals surface area (Å²) in [4.78, 5) is 0. The van der Waals surface area contributed by atoms with E-state index in [0.717, 1.165) is 11.3 Å². The van der Waals surface area contributed by atoms with Crippen molar-refractivity contribution in [1.82, 2.24) is 5.32 Å². The van der Waals surface area contributed by atoms with Crippen molar-refractivity contribution in [3.8, 4) is 5.75 Å². The predicted octanol–water partition coefficient (Wildman–Crippen LogP) is 2.71. The zero-order valence-electron chi connectivity index (χ0n) is 11.7. The maximum absolute atomic E-state index is 9.32. The van der Waals surface area contributed by atoms with E-state index in [1.54, 1.807) is 7.11 Å². The van der Waals surface area contributed by atoms with Gasteiger partial charge in [-0.1, -0.05) is 30.3 Å². The van der Waals surface area contributed by atoms with Gasteiger partial charge in [0.05, 0.1) is 13.7 Å². The molecule has 0 fully saturated rings. The first kappa shape index (κ1) is 13.8. The molecule has 0 unspecified atom stereocenters. The number of nitrogens with one attached hydrogen (secondary N) is 1. The molecule has 0 aliphatic rings. The number of benzene rings is 2. The molecule has 0 atom stereocenters. The number of methoxy groups -OCH3 is 1. The first-order valence-corrected chi connectivity index (χ1v) is 6.48. The lowest BCUT2D eigenvalue weighted by molar-refractivity contribution is 0.187. The van der Waals surface area contributed by atoms with Gasteiger partial charge in [0.1, 0.15) is 5.75 Å². The summed E-state index contributed by atoms with van der Waals surface area (Å²) in [6, 6.07) is 12.3. The first-order chi connectivity index (χ1) is 9.07. The smallest absolute Gasteiger partial charge is 0.123 e. The monoisotopic (exact) mass is 259 g/mol. The van der Waals surface area contributed by atoms with Gasteiger partial charge in [-0.2, -0.15) is 0 Å². The quantitative estimate of drug-likeness (QED) is 0.867. The lowest BCUT2D eigenvalue weighted by Gasteiger charge is -2.24. The van der Waals surface area contributed by atoms with Crippen molar-refractivity contribution in [2.75, 3.05) is 13.7 Å². The van der Waals surface area contributed by atoms with Gasteiger partial charge < -0.3 is 15.2 Å². The molecule has 2 rings (SSSR count). The minimum atomic E-state index is -0.304. The van der Waals surface area contributed by atoms with Crippen LogP contribution in [0.4, 0.5) is 0 Å². The van der Waals surface area contributed by atoms with Gasteiger partial charge in [0.15, 0.2) is 0 Å². The number of hydrogen-bond donors (Lipinski definition) is 2. The molecule has 102 valence electrons. The van der Waals surface area contributed by atoms with Crippen molar-refractivity contribution >= 4 is 10.8 Å². The van der Waals surface area contributed by atoms with E-state index in [1.165, 1.54) is 10.8 Å². The van der Waals surface area contributed by atoms with Gasteiger partial charge in [0.2, 0.25) is 0 Å². The van der Waals surface area contributed by atoms with Crippen molar-refractivity contribution < 1.29 is 9.84 Å². The number of fused-ring (bicyclic) bond motifs is 1. The van der Waals surface area contributed by atoms with E-state index < -0.39 is 0 Å². The topological polar surface area (TPSA) is 41.5 Å². The second kappa shape index (κ2) is 5.59. The summed E-state index contributed by atoms with van der Waals surface area (Å²) >= 11 is 0. The molecule has 0 saturated carbocycles. The molecule has 19 heavy (non-hydrogen) atoms. The molecule has 2 N–H and O–H groups in total. The van der Waals surface area contributed by atoms with Crippen LogP contribution in [0.1, 0.15) is 19.4 Å². The lowest BCUT2D eigenvalue weighted by atomic mass is 10.0. The van der Waals surface area contributed by atoms with Crippen molar-refractivity contribution in [2.24, 2.45) is 0 Å². The summed E-state index contributed by atoms with van der Waals surface area (Å²) < 4.78 is 5.45. The maximum Gasteiger partial charge on any atom is 0.123 e. The Bertz CT molecular complexity index is 564. The summed E-state index contributed by atoms with van der Waals surface area (Å²) in [6.07, 6.45) is 0. The highest BCUT2D eigenvalue weighted by molar-refractivity contribution is 5.87. The molecule has 0 saturated heterocycles. The number of hydrogen-bond acceptors (Lipinski definition) is 3. The van der Waals surface area contributed by atoms with Gasteiger partial charge in [-0.05, 0) is 30.7 Å². The average Bonchev–Trinajstić information content (AvgIpc) is 2.44. The Labute approximate surface area is 114 Å². The van der Waals surface area contributed by atoms with Gasteiger partial charge in [-0.3, -0.25) is 0 Å². The average molecular weight is 259 g/mol. The summed E-state index contributed by atoms with van der Waals surface area (Å²) in [7, 11) is 1.69. The molecule has 0 bridgehead atoms. The third kappa shape index (κ3) is 3.06. The van der Waals surface area contributed by atoms with Crippen LogP contribution in [-0.2, 0) is 6.54 Å². The second-order valence-corrected chi connectivity index (χ2v) is 5.36. The molecule has 3 nitrogen and oxygen atoms in total. The minimum absolute atomic E-state index is 0.0973. The Morgan fingerprint density at radius 1 is 1.16 bits per heavy atom. The van der Waals surface area contributed by atoms with Crippen LogP contribution in [0.25, 0.3) is 10.8 Å². The van der Waals surface area contributed by atoms with E-state index in [2.05, 4.69) is 23.5 Å². The Kier molecular flexibility index (Phi) is 4.08. The van der Waals surface area contributed by atoms with Gasteiger partial charge >= 0.3 is 0 Å². The van der Waals surface area contributed by atoms with E-state index >= 15 is 0 Å². The van der Waals surface area contributed by atoms with Crippen LogP contribution in [0, 0.1) is 0 Å². The molecule has 0 aliphatic carbocycles. The van der Waals surface area contributed by atoms with E-state index in [1.807, 2.05) is 32.0 Å². The normalized spacial score (nSPS) is 11.8. The van der Waals surface area contributed by atoms with Crippen molar-refractivity contribution in [2.45, 2.75) is 25.9 Å². The van der Waals surface area contributed by atoms with Crippen LogP contribution in [-0.4, -0.2) is 24.4 Å². The molecule has 0 spiro atoms. The van der Waals surface area contributed by atoms with E-state index in [-0.39, 0.29) is 12.1 Å². The van der Waals surface area contributed by atoms with E-state index in [9.17, 15) is 5.11 Å². The van der Waals surface area contributed by atoms with Gasteiger partial charge in [-0.15, -0.1) is 0 Å². The van der Waals surface area contributed by atoms with Gasteiger partial charge in [0.25, 0.3) is 0 Å². The van der Waals surface area contributed by atoms with Crippen molar-refractivity contribution in [3.05, 3.63) is 42.0 Å². The molecule has 0 aromatic heterocycles. The van der Waals surface area contributed by atoms with Crippen LogP contribution >= 0.6 is 0 Å². The third-order valence-corrected chi connectivity index (χ3v) is 3.36. The molecule has 0 amide bonds. The fourth-order valence-corrected chi connectivity index (χ4v) is 2.07. The molecule has 2 aromatic carbocycles. The van der Waals surface area contributed by atoms with Crippen molar-refractivity contribution in [3.63, 3.8) is 0 Å². The minimum Gasteiger partial charge on any atom is -0.496 e. The summed E-state index contributed by atoms with van der Waals surface area (Å²) in [6.45, 7) is 4.72. The summed E-state index contributed by atoms with van der Waals surface area (Å²) in [5.41, 5.74) is 0.823. The van der Waals surface area contributed by atoms with Crippen LogP contribution in [0.15, 0.2) is 36.4 Å². The summed E-state index contributed by atoms with van der Waals surface area (Å²) in [5, 5.41) is 15.1. The summed E-state index contributed by atoms with van der Waals surface area (Å²) in [5.74, 6) is 0.875. The maximum atomic E-state index is 9.32. The third-order valence-electron chi connectivity index (χ3n) is 3.36. The molecular formula is C16H21NO2. The predicted molar refractivity (Wildman–Crippen MR) is 78.5 cm³/mol. The molecule has 3 heteroatoms. The molecule has 0 heterocycles. The standard InChI is InChI=1S/C16H21NO2/c1-16(2,11-18)17-10-14-13-7-5-4-6-12(13)8-9-15(14)19-3/h4-9,17-18H,10-11H2,1-3H3. The van der Waals surface area contributed by atoms with Crippen LogP contribution in [0.5, 0.6) is 5.75 Å². The highest BCUT2D eigenvalue weighted by atomic mass is 16.5. The Morgan fingerprint density at radius 2 is 1.89 bits per heavy atom. The van der Waals surface area contributed by atoms with Gasteiger partial charge in [0, 0.05) is 17.6 Å². The second-order valence-electron chi connectivity index (χ2n) is 5.36. The lowest BCUT2D eigenvalue weighted by Crippen LogP contribution is -2.42. The number of rotatable bonds is 5. The Balaban J connectivity index is 2.39. The van der Waals surface area contributed by atoms with Crippen LogP contribution in [0.3, 0.4) is 0 Å². The van der Waals surface area contributed by atoms with E-state index in [0.29, 0.717) is 6.54 Å². The molecular weight excluding hydrogens is 238 g/mol. The van der Waals surface area contributed by atoms with Gasteiger partial charge in [-0.25, -0.2) is 0 Å².